The Morgan fingerprint density at radius 1 is 1.20 bits per heavy atom. The second-order valence-electron chi connectivity index (χ2n) is 6.97. The summed E-state index contributed by atoms with van der Waals surface area (Å²) in [6, 6.07) is 12.8. The fourth-order valence-electron chi connectivity index (χ4n) is 3.45. The number of hydrogen-bond acceptors (Lipinski definition) is 6. The molecule has 1 aliphatic rings. The van der Waals surface area contributed by atoms with Crippen LogP contribution in [0.2, 0.25) is 0 Å². The molecule has 1 aromatic carbocycles. The summed E-state index contributed by atoms with van der Waals surface area (Å²) in [5.41, 5.74) is 3.37. The van der Waals surface area contributed by atoms with E-state index < -0.39 is 12.0 Å². The molecule has 3 aromatic rings. The topological polar surface area (TPSA) is 73.6 Å². The molecule has 4 rings (SSSR count). The third-order valence-corrected chi connectivity index (χ3v) is 5.86. The largest absolute Gasteiger partial charge is 0.463 e. The number of fused-ring (bicyclic) bond motifs is 1. The molecule has 1 unspecified atom stereocenters. The van der Waals surface area contributed by atoms with Crippen molar-refractivity contribution in [2.45, 2.75) is 26.8 Å². The highest BCUT2D eigenvalue weighted by Gasteiger charge is 2.33. The molecule has 2 aromatic heterocycles. The minimum Gasteiger partial charge on any atom is -0.463 e. The van der Waals surface area contributed by atoms with Gasteiger partial charge >= 0.3 is 5.97 Å². The van der Waals surface area contributed by atoms with Gasteiger partial charge in [0.25, 0.3) is 5.56 Å². The summed E-state index contributed by atoms with van der Waals surface area (Å²) in [5.74, 6) is -0.455. The van der Waals surface area contributed by atoms with Crippen LogP contribution < -0.4 is 14.9 Å². The number of nitrogens with zero attached hydrogens (tertiary/aromatic N) is 3. The first-order valence-electron chi connectivity index (χ1n) is 9.67. The van der Waals surface area contributed by atoms with Gasteiger partial charge in [-0.05, 0) is 44.5 Å². The summed E-state index contributed by atoms with van der Waals surface area (Å²) in [4.78, 5) is 35.6. The summed E-state index contributed by atoms with van der Waals surface area (Å²) in [5, 5.41) is 0. The average molecular weight is 420 g/mol. The maximum absolute atomic E-state index is 13.4. The van der Waals surface area contributed by atoms with Gasteiger partial charge in [0, 0.05) is 6.20 Å². The Morgan fingerprint density at radius 3 is 2.63 bits per heavy atom. The van der Waals surface area contributed by atoms with E-state index in [1.807, 2.05) is 49.4 Å². The molecule has 0 fully saturated rings. The minimum atomic E-state index is -0.591. The average Bonchev–Trinajstić information content (AvgIpc) is 3.03. The lowest BCUT2D eigenvalue weighted by Crippen LogP contribution is -2.39. The molecule has 0 saturated carbocycles. The monoisotopic (exact) mass is 419 g/mol. The molecule has 0 radical (unpaired) electrons. The van der Waals surface area contributed by atoms with Crippen molar-refractivity contribution in [1.29, 1.82) is 0 Å². The van der Waals surface area contributed by atoms with Crippen LogP contribution >= 0.6 is 11.3 Å². The van der Waals surface area contributed by atoms with Crippen molar-refractivity contribution in [2.24, 2.45) is 4.99 Å². The van der Waals surface area contributed by atoms with Gasteiger partial charge in [0.2, 0.25) is 0 Å². The highest BCUT2D eigenvalue weighted by atomic mass is 32.1. The summed E-state index contributed by atoms with van der Waals surface area (Å²) in [6.45, 7) is 5.79. The number of thiazole rings is 1. The number of benzene rings is 1. The van der Waals surface area contributed by atoms with E-state index in [-0.39, 0.29) is 12.2 Å². The Balaban J connectivity index is 1.96. The van der Waals surface area contributed by atoms with E-state index in [9.17, 15) is 9.59 Å². The number of pyridine rings is 1. The number of aryl methyl sites for hydroxylation is 1. The van der Waals surface area contributed by atoms with Crippen molar-refractivity contribution < 1.29 is 9.53 Å². The maximum Gasteiger partial charge on any atom is 0.338 e. The molecular formula is C23H21N3O3S. The fraction of sp³-hybridized carbons (Fsp3) is 0.217. The number of rotatable bonds is 4. The van der Waals surface area contributed by atoms with Crippen LogP contribution in [0, 0.1) is 6.92 Å². The van der Waals surface area contributed by atoms with Gasteiger partial charge in [-0.25, -0.2) is 9.79 Å². The Hall–Kier alpha value is -3.32. The SMILES string of the molecule is CCOC(=O)C1=C(C)N=c2s/c(=C\c3ccccn3)c(=O)n2C1c1ccc(C)cc1. The first-order valence-corrected chi connectivity index (χ1v) is 10.5. The van der Waals surface area contributed by atoms with E-state index in [1.54, 1.807) is 30.7 Å². The second kappa shape index (κ2) is 8.20. The molecule has 1 aliphatic heterocycles. The van der Waals surface area contributed by atoms with Crippen LogP contribution in [0.5, 0.6) is 0 Å². The summed E-state index contributed by atoms with van der Waals surface area (Å²) in [7, 11) is 0. The van der Waals surface area contributed by atoms with Crippen LogP contribution in [0.4, 0.5) is 0 Å². The number of carbonyl (C=O) groups is 1. The standard InChI is InChI=1S/C23H21N3O3S/c1-4-29-22(28)19-15(3)25-23-26(20(19)16-10-8-14(2)9-11-16)21(27)18(30-23)13-17-7-5-6-12-24-17/h5-13,20H,4H2,1-3H3/b18-13-. The predicted octanol–water partition coefficient (Wildman–Crippen LogP) is 2.50. The van der Waals surface area contributed by atoms with Gasteiger partial charge in [0.1, 0.15) is 0 Å². The third kappa shape index (κ3) is 3.64. The van der Waals surface area contributed by atoms with Gasteiger partial charge in [0.05, 0.1) is 34.1 Å². The van der Waals surface area contributed by atoms with Crippen molar-refractivity contribution in [3.05, 3.63) is 96.4 Å². The molecule has 7 heteroatoms. The summed E-state index contributed by atoms with van der Waals surface area (Å²) < 4.78 is 7.40. The van der Waals surface area contributed by atoms with E-state index in [0.717, 1.165) is 11.1 Å². The molecule has 0 amide bonds. The van der Waals surface area contributed by atoms with Crippen LogP contribution in [0.3, 0.4) is 0 Å². The Kier molecular flexibility index (Phi) is 5.46. The van der Waals surface area contributed by atoms with Crippen molar-refractivity contribution in [3.8, 4) is 0 Å². The normalized spacial score (nSPS) is 16.2. The molecule has 0 bridgehead atoms. The van der Waals surface area contributed by atoms with E-state index >= 15 is 0 Å². The van der Waals surface area contributed by atoms with Crippen LogP contribution in [0.1, 0.15) is 36.7 Å². The molecule has 152 valence electrons. The number of ether oxygens (including phenoxy) is 1. The lowest BCUT2D eigenvalue weighted by molar-refractivity contribution is -0.139. The number of hydrogen-bond donors (Lipinski definition) is 0. The predicted molar refractivity (Wildman–Crippen MR) is 116 cm³/mol. The third-order valence-electron chi connectivity index (χ3n) is 4.88. The lowest BCUT2D eigenvalue weighted by Gasteiger charge is -2.24. The van der Waals surface area contributed by atoms with E-state index in [4.69, 9.17) is 4.74 Å². The quantitative estimate of drug-likeness (QED) is 0.609. The van der Waals surface area contributed by atoms with Gasteiger partial charge < -0.3 is 4.74 Å². The van der Waals surface area contributed by atoms with E-state index in [0.29, 0.717) is 26.3 Å². The number of allylic oxidation sites excluding steroid dienone is 1. The lowest BCUT2D eigenvalue weighted by atomic mass is 9.95. The number of aromatic nitrogens is 2. The van der Waals surface area contributed by atoms with Crippen LogP contribution in [0.15, 0.2) is 69.7 Å². The fourth-order valence-corrected chi connectivity index (χ4v) is 4.48. The molecular weight excluding hydrogens is 398 g/mol. The van der Waals surface area contributed by atoms with Gasteiger partial charge in [-0.3, -0.25) is 14.3 Å². The highest BCUT2D eigenvalue weighted by Crippen LogP contribution is 2.30. The molecule has 0 N–H and O–H groups in total. The van der Waals surface area contributed by atoms with Crippen molar-refractivity contribution in [2.75, 3.05) is 6.61 Å². The van der Waals surface area contributed by atoms with Crippen molar-refractivity contribution >= 4 is 23.4 Å². The smallest absolute Gasteiger partial charge is 0.338 e. The van der Waals surface area contributed by atoms with Gasteiger partial charge in [0.15, 0.2) is 4.80 Å². The first-order chi connectivity index (χ1) is 14.5. The van der Waals surface area contributed by atoms with Crippen LogP contribution in [-0.2, 0) is 9.53 Å². The maximum atomic E-state index is 13.4. The Bertz CT molecular complexity index is 1300. The molecule has 30 heavy (non-hydrogen) atoms. The van der Waals surface area contributed by atoms with Crippen LogP contribution in [0.25, 0.3) is 6.08 Å². The number of carbonyl (C=O) groups excluding carboxylic acids is 1. The molecule has 1 atom stereocenters. The number of esters is 1. The zero-order valence-corrected chi connectivity index (χ0v) is 17.8. The second-order valence-corrected chi connectivity index (χ2v) is 7.98. The summed E-state index contributed by atoms with van der Waals surface area (Å²) >= 11 is 1.29. The zero-order valence-electron chi connectivity index (χ0n) is 17.0. The van der Waals surface area contributed by atoms with Gasteiger partial charge in [-0.1, -0.05) is 47.2 Å². The van der Waals surface area contributed by atoms with Crippen molar-refractivity contribution in [3.63, 3.8) is 0 Å². The Morgan fingerprint density at radius 2 is 1.97 bits per heavy atom. The molecule has 0 saturated heterocycles. The molecule has 0 spiro atoms. The van der Waals surface area contributed by atoms with Crippen molar-refractivity contribution in [1.82, 2.24) is 9.55 Å². The Labute approximate surface area is 177 Å². The van der Waals surface area contributed by atoms with Crippen LogP contribution in [-0.4, -0.2) is 22.1 Å². The summed E-state index contributed by atoms with van der Waals surface area (Å²) in [6.07, 6.45) is 3.43. The van der Waals surface area contributed by atoms with Gasteiger partial charge in [-0.2, -0.15) is 0 Å². The molecule has 0 aliphatic carbocycles. The van der Waals surface area contributed by atoms with E-state index in [1.165, 1.54) is 11.3 Å². The molecule has 3 heterocycles. The van der Waals surface area contributed by atoms with E-state index in [2.05, 4.69) is 9.98 Å². The minimum absolute atomic E-state index is 0.204. The zero-order chi connectivity index (χ0) is 21.3. The first kappa shape index (κ1) is 20.0. The molecule has 6 nitrogen and oxygen atoms in total. The van der Waals surface area contributed by atoms with Gasteiger partial charge in [-0.15, -0.1) is 0 Å². The highest BCUT2D eigenvalue weighted by molar-refractivity contribution is 7.07.